The molecule has 0 amide bonds. The number of ketones is 1. The fourth-order valence-corrected chi connectivity index (χ4v) is 4.42. The summed E-state index contributed by atoms with van der Waals surface area (Å²) in [4.78, 5) is 23.6. The van der Waals surface area contributed by atoms with Crippen molar-refractivity contribution < 1.29 is 9.90 Å². The minimum absolute atomic E-state index is 0.130. The van der Waals surface area contributed by atoms with E-state index in [1.54, 1.807) is 23.1 Å². The lowest BCUT2D eigenvalue weighted by Crippen LogP contribution is -2.32. The predicted molar refractivity (Wildman–Crippen MR) is 118 cm³/mol. The lowest BCUT2D eigenvalue weighted by atomic mass is 10.1. The highest BCUT2D eigenvalue weighted by atomic mass is 79.9. The van der Waals surface area contributed by atoms with Crippen LogP contribution < -0.4 is 4.90 Å². The van der Waals surface area contributed by atoms with Gasteiger partial charge in [0, 0.05) is 30.0 Å². The van der Waals surface area contributed by atoms with E-state index in [2.05, 4.69) is 31.0 Å². The van der Waals surface area contributed by atoms with Gasteiger partial charge in [-0.1, -0.05) is 35.0 Å². The van der Waals surface area contributed by atoms with E-state index in [4.69, 9.17) is 0 Å². The SMILES string of the molecule is C[C@@H]1C[C@@H](N(C)c2ncncc2C(=O)c2ccn(Cc3cccc(Br)c3)n2)C[C@@H]1O. The summed E-state index contributed by atoms with van der Waals surface area (Å²) >= 11 is 3.47. The van der Waals surface area contributed by atoms with Crippen LogP contribution in [0.5, 0.6) is 0 Å². The molecule has 30 heavy (non-hydrogen) atoms. The molecule has 1 N–H and O–H groups in total. The van der Waals surface area contributed by atoms with Crippen LogP contribution in [-0.4, -0.2) is 49.8 Å². The van der Waals surface area contributed by atoms with Gasteiger partial charge in [0.2, 0.25) is 5.78 Å². The van der Waals surface area contributed by atoms with Crippen LogP contribution in [0.3, 0.4) is 0 Å². The van der Waals surface area contributed by atoms with Crippen LogP contribution in [-0.2, 0) is 6.54 Å². The number of aliphatic hydroxyl groups excluding tert-OH is 1. The van der Waals surface area contributed by atoms with Gasteiger partial charge in [0.15, 0.2) is 0 Å². The highest BCUT2D eigenvalue weighted by Gasteiger charge is 2.34. The molecule has 3 aromatic rings. The van der Waals surface area contributed by atoms with Crippen LogP contribution >= 0.6 is 15.9 Å². The van der Waals surface area contributed by atoms with Gasteiger partial charge in [-0.15, -0.1) is 0 Å². The van der Waals surface area contributed by atoms with Crippen LogP contribution in [0.2, 0.25) is 0 Å². The molecule has 7 nitrogen and oxygen atoms in total. The van der Waals surface area contributed by atoms with Crippen molar-refractivity contribution in [3.05, 3.63) is 70.3 Å². The lowest BCUT2D eigenvalue weighted by molar-refractivity contribution is 0.103. The Balaban J connectivity index is 1.55. The number of hydrogen-bond acceptors (Lipinski definition) is 6. The molecule has 1 saturated carbocycles. The Morgan fingerprint density at radius 1 is 1.33 bits per heavy atom. The Kier molecular flexibility index (Phi) is 5.97. The molecule has 3 atom stereocenters. The average Bonchev–Trinajstić information content (AvgIpc) is 3.33. The van der Waals surface area contributed by atoms with E-state index in [1.807, 2.05) is 43.1 Å². The first-order valence-corrected chi connectivity index (χ1v) is 10.7. The number of nitrogens with zero attached hydrogens (tertiary/aromatic N) is 5. The molecule has 2 heterocycles. The first-order valence-electron chi connectivity index (χ1n) is 9.96. The molecular formula is C22H24BrN5O2. The fraction of sp³-hybridized carbons (Fsp3) is 0.364. The summed E-state index contributed by atoms with van der Waals surface area (Å²) in [5, 5.41) is 14.6. The zero-order valence-corrected chi connectivity index (χ0v) is 18.5. The van der Waals surface area contributed by atoms with Crippen molar-refractivity contribution >= 4 is 27.5 Å². The van der Waals surface area contributed by atoms with Gasteiger partial charge >= 0.3 is 0 Å². The molecule has 8 heteroatoms. The molecule has 1 aliphatic rings. The Hall–Kier alpha value is -2.58. The number of carbonyl (C=O) groups is 1. The molecule has 2 aromatic heterocycles. The van der Waals surface area contributed by atoms with Gasteiger partial charge in [0.25, 0.3) is 0 Å². The maximum absolute atomic E-state index is 13.2. The summed E-state index contributed by atoms with van der Waals surface area (Å²) in [5.74, 6) is 0.590. The Bertz CT molecular complexity index is 1040. The van der Waals surface area contributed by atoms with Gasteiger partial charge in [0.05, 0.1) is 18.2 Å². The molecule has 4 rings (SSSR count). The van der Waals surface area contributed by atoms with Crippen LogP contribution in [0.1, 0.15) is 41.4 Å². The monoisotopic (exact) mass is 469 g/mol. The van der Waals surface area contributed by atoms with Crippen molar-refractivity contribution in [1.82, 2.24) is 19.7 Å². The number of halogens is 1. The predicted octanol–water partition coefficient (Wildman–Crippen LogP) is 3.31. The van der Waals surface area contributed by atoms with Crippen molar-refractivity contribution in [3.63, 3.8) is 0 Å². The number of hydrogen-bond donors (Lipinski definition) is 1. The van der Waals surface area contributed by atoms with E-state index < -0.39 is 0 Å². The summed E-state index contributed by atoms with van der Waals surface area (Å²) in [6.07, 6.45) is 5.99. The molecule has 1 fully saturated rings. The maximum atomic E-state index is 13.2. The first kappa shape index (κ1) is 20.7. The summed E-state index contributed by atoms with van der Waals surface area (Å²) in [7, 11) is 1.92. The minimum atomic E-state index is -0.327. The number of aliphatic hydroxyl groups is 1. The molecule has 0 spiro atoms. The largest absolute Gasteiger partial charge is 0.393 e. The third-order valence-corrected chi connectivity index (χ3v) is 6.23. The summed E-state index contributed by atoms with van der Waals surface area (Å²) in [6, 6.07) is 9.84. The van der Waals surface area contributed by atoms with E-state index in [9.17, 15) is 9.90 Å². The van der Waals surface area contributed by atoms with Gasteiger partial charge in [0.1, 0.15) is 17.8 Å². The van der Waals surface area contributed by atoms with Gasteiger partial charge in [-0.25, -0.2) is 9.97 Å². The van der Waals surface area contributed by atoms with Crippen molar-refractivity contribution in [2.75, 3.05) is 11.9 Å². The zero-order valence-electron chi connectivity index (χ0n) is 16.9. The van der Waals surface area contributed by atoms with Crippen LogP contribution in [0.15, 0.2) is 53.5 Å². The first-order chi connectivity index (χ1) is 14.4. The molecule has 0 saturated heterocycles. The van der Waals surface area contributed by atoms with E-state index in [-0.39, 0.29) is 23.8 Å². The van der Waals surface area contributed by atoms with Crippen molar-refractivity contribution in [2.45, 2.75) is 38.5 Å². The van der Waals surface area contributed by atoms with Crippen molar-refractivity contribution in [3.8, 4) is 0 Å². The molecule has 156 valence electrons. The van der Waals surface area contributed by atoms with Gasteiger partial charge in [-0.2, -0.15) is 5.10 Å². The molecular weight excluding hydrogens is 446 g/mol. The van der Waals surface area contributed by atoms with E-state index in [1.165, 1.54) is 6.33 Å². The fourth-order valence-electron chi connectivity index (χ4n) is 3.98. The molecule has 0 unspecified atom stereocenters. The van der Waals surface area contributed by atoms with E-state index >= 15 is 0 Å². The number of aromatic nitrogens is 4. The van der Waals surface area contributed by atoms with Crippen LogP contribution in [0, 0.1) is 5.92 Å². The van der Waals surface area contributed by atoms with Crippen molar-refractivity contribution in [2.24, 2.45) is 5.92 Å². The molecule has 1 aliphatic carbocycles. The average molecular weight is 470 g/mol. The van der Waals surface area contributed by atoms with Gasteiger partial charge < -0.3 is 10.0 Å². The summed E-state index contributed by atoms with van der Waals surface area (Å²) in [5.41, 5.74) is 1.86. The minimum Gasteiger partial charge on any atom is -0.393 e. The van der Waals surface area contributed by atoms with Crippen LogP contribution in [0.4, 0.5) is 5.82 Å². The van der Waals surface area contributed by atoms with E-state index in [0.29, 0.717) is 30.0 Å². The number of carbonyl (C=O) groups excluding carboxylic acids is 1. The Morgan fingerprint density at radius 2 is 2.17 bits per heavy atom. The highest BCUT2D eigenvalue weighted by molar-refractivity contribution is 9.10. The quantitative estimate of drug-likeness (QED) is 0.557. The topological polar surface area (TPSA) is 84.1 Å². The van der Waals surface area contributed by atoms with Gasteiger partial charge in [-0.3, -0.25) is 9.48 Å². The molecule has 0 radical (unpaired) electrons. The number of benzene rings is 1. The Labute approximate surface area is 183 Å². The molecule has 0 bridgehead atoms. The second-order valence-electron chi connectivity index (χ2n) is 7.90. The standard InChI is InChI=1S/C22H24BrN5O2/c1-14-8-17(10-20(14)29)27(2)22-18(11-24-13-25-22)21(30)19-6-7-28(26-19)12-15-4-3-5-16(23)9-15/h3-7,9,11,13-14,17,20,29H,8,10,12H2,1-2H3/t14-,17-,20+/m1/s1. The zero-order chi connectivity index (χ0) is 21.3. The second kappa shape index (κ2) is 8.65. The number of rotatable bonds is 6. The Morgan fingerprint density at radius 3 is 2.90 bits per heavy atom. The third kappa shape index (κ3) is 4.29. The van der Waals surface area contributed by atoms with Gasteiger partial charge in [-0.05, 0) is 42.5 Å². The molecule has 0 aliphatic heterocycles. The lowest BCUT2D eigenvalue weighted by Gasteiger charge is -2.26. The highest BCUT2D eigenvalue weighted by Crippen LogP contribution is 2.32. The number of anilines is 1. The second-order valence-corrected chi connectivity index (χ2v) is 8.81. The molecule has 1 aromatic carbocycles. The summed E-state index contributed by atoms with van der Waals surface area (Å²) in [6.45, 7) is 2.62. The van der Waals surface area contributed by atoms with Crippen molar-refractivity contribution in [1.29, 1.82) is 0 Å². The third-order valence-electron chi connectivity index (χ3n) is 5.74. The van der Waals surface area contributed by atoms with Crippen LogP contribution in [0.25, 0.3) is 0 Å². The maximum Gasteiger partial charge on any atom is 0.218 e. The normalized spacial score (nSPS) is 21.0. The smallest absolute Gasteiger partial charge is 0.218 e. The summed E-state index contributed by atoms with van der Waals surface area (Å²) < 4.78 is 2.75. The van der Waals surface area contributed by atoms with E-state index in [0.717, 1.165) is 16.5 Å².